The number of carbonyl (C=O) groups excluding carboxylic acids is 3. The van der Waals surface area contributed by atoms with Crippen molar-refractivity contribution < 1.29 is 28.3 Å². The van der Waals surface area contributed by atoms with Gasteiger partial charge < -0.3 is 18.8 Å². The average Bonchev–Trinajstić information content (AvgIpc) is 3.55. The zero-order valence-corrected chi connectivity index (χ0v) is 27.8. The van der Waals surface area contributed by atoms with Crippen molar-refractivity contribution in [2.24, 2.45) is 5.41 Å². The third kappa shape index (κ3) is 4.62. The second-order valence-electron chi connectivity index (χ2n) is 14.3. The van der Waals surface area contributed by atoms with Crippen molar-refractivity contribution in [1.82, 2.24) is 4.90 Å². The van der Waals surface area contributed by atoms with Crippen LogP contribution in [0.4, 0.5) is 10.5 Å². The molecule has 4 aliphatic rings. The van der Waals surface area contributed by atoms with E-state index in [0.717, 1.165) is 11.1 Å². The van der Waals surface area contributed by atoms with Gasteiger partial charge in [0.15, 0.2) is 8.32 Å². The number of hydrogen-bond donors (Lipinski definition) is 0. The highest BCUT2D eigenvalue weighted by Crippen LogP contribution is 2.67. The summed E-state index contributed by atoms with van der Waals surface area (Å²) in [5, 5.41) is 0.0651. The van der Waals surface area contributed by atoms with Crippen molar-refractivity contribution in [3.05, 3.63) is 77.0 Å². The number of methoxy groups -OCH3 is 1. The maximum absolute atomic E-state index is 14.1. The molecule has 2 aromatic carbocycles. The van der Waals surface area contributed by atoms with Gasteiger partial charge in [0, 0.05) is 19.6 Å². The highest BCUT2D eigenvalue weighted by atomic mass is 28.4. The fourth-order valence-corrected chi connectivity index (χ4v) is 9.02. The summed E-state index contributed by atoms with van der Waals surface area (Å²) in [6.07, 6.45) is 2.28. The lowest BCUT2D eigenvalue weighted by molar-refractivity contribution is -0.144. The summed E-state index contributed by atoms with van der Waals surface area (Å²) in [4.78, 5) is 45.0. The number of anilines is 1. The van der Waals surface area contributed by atoms with Crippen molar-refractivity contribution in [3.63, 3.8) is 0 Å². The van der Waals surface area contributed by atoms with E-state index in [9.17, 15) is 14.4 Å². The van der Waals surface area contributed by atoms with E-state index in [2.05, 4.69) is 39.9 Å². The van der Waals surface area contributed by atoms with E-state index >= 15 is 0 Å². The molecular weight excluding hydrogens is 572 g/mol. The highest BCUT2D eigenvalue weighted by Gasteiger charge is 2.70. The van der Waals surface area contributed by atoms with Gasteiger partial charge in [-0.2, -0.15) is 0 Å². The lowest BCUT2D eigenvalue weighted by atomic mass is 9.53. The van der Waals surface area contributed by atoms with Gasteiger partial charge in [0.2, 0.25) is 5.91 Å². The van der Waals surface area contributed by atoms with Crippen LogP contribution in [0.1, 0.15) is 64.0 Å². The third-order valence-electron chi connectivity index (χ3n) is 11.0. The lowest BCUT2D eigenvalue weighted by Gasteiger charge is -2.56. The summed E-state index contributed by atoms with van der Waals surface area (Å²) in [6.45, 7) is 12.4. The van der Waals surface area contributed by atoms with Crippen LogP contribution in [-0.2, 0) is 35.5 Å². The van der Waals surface area contributed by atoms with Crippen LogP contribution in [0, 0.1) is 5.41 Å². The van der Waals surface area contributed by atoms with Gasteiger partial charge in [-0.3, -0.25) is 4.79 Å². The number of nitrogens with zero attached hydrogens (tertiary/aromatic N) is 2. The normalized spacial score (nSPS) is 25.9. The van der Waals surface area contributed by atoms with Crippen molar-refractivity contribution in [1.29, 1.82) is 0 Å². The van der Waals surface area contributed by atoms with Gasteiger partial charge >= 0.3 is 12.1 Å². The summed E-state index contributed by atoms with van der Waals surface area (Å²) >= 11 is 0. The van der Waals surface area contributed by atoms with Crippen molar-refractivity contribution >= 4 is 32.0 Å². The minimum Gasteiger partial charge on any atom is -0.466 e. The van der Waals surface area contributed by atoms with Gasteiger partial charge in [0.05, 0.1) is 35.5 Å². The predicted molar refractivity (Wildman–Crippen MR) is 170 cm³/mol. The number of ether oxygens (including phenoxy) is 2. The number of benzene rings is 2. The first kappa shape index (κ1) is 30.6. The molecule has 2 fully saturated rings. The molecule has 2 aromatic rings. The quantitative estimate of drug-likeness (QED) is 0.254. The van der Waals surface area contributed by atoms with Crippen LogP contribution in [0.3, 0.4) is 0 Å². The highest BCUT2D eigenvalue weighted by molar-refractivity contribution is 6.74. The molecular formula is C35H44N2O6Si. The van der Waals surface area contributed by atoms with E-state index in [0.29, 0.717) is 62.2 Å². The Morgan fingerprint density at radius 2 is 1.73 bits per heavy atom. The molecule has 0 bridgehead atoms. The molecule has 3 atom stereocenters. The second kappa shape index (κ2) is 10.9. The Hall–Kier alpha value is -3.43. The number of esters is 1. The van der Waals surface area contributed by atoms with E-state index in [1.165, 1.54) is 7.11 Å². The Morgan fingerprint density at radius 1 is 1.02 bits per heavy atom. The number of hydrogen-bond acceptors (Lipinski definition) is 6. The molecule has 234 valence electrons. The molecule has 44 heavy (non-hydrogen) atoms. The summed E-state index contributed by atoms with van der Waals surface area (Å²) in [7, 11) is -0.633. The SMILES string of the molecule is COC(=O)C1=C2N(C(=O)OCc3ccccc3)c3ccccc3[C@]23CCN2C(=O)CC[C@](CCO[Si](C)(C)C(C)(C)C)(C1)[C@@H]23. The average molecular weight is 617 g/mol. The maximum Gasteiger partial charge on any atom is 0.419 e. The van der Waals surface area contributed by atoms with E-state index in [4.69, 9.17) is 13.9 Å². The molecule has 9 heteroatoms. The predicted octanol–water partition coefficient (Wildman–Crippen LogP) is 6.71. The molecule has 0 unspecified atom stereocenters. The summed E-state index contributed by atoms with van der Waals surface area (Å²) < 4.78 is 18.0. The summed E-state index contributed by atoms with van der Waals surface area (Å²) in [6, 6.07) is 17.2. The van der Waals surface area contributed by atoms with Crippen molar-refractivity contribution in [3.8, 4) is 0 Å². The molecule has 0 aromatic heterocycles. The van der Waals surface area contributed by atoms with E-state index in [-0.39, 0.29) is 23.6 Å². The summed E-state index contributed by atoms with van der Waals surface area (Å²) in [5.41, 5.74) is 2.51. The first-order valence-corrected chi connectivity index (χ1v) is 18.6. The Bertz CT molecular complexity index is 1510. The Labute approximate surface area is 261 Å². The van der Waals surface area contributed by atoms with Gasteiger partial charge in [-0.15, -0.1) is 0 Å². The standard InChI is InChI=1S/C35H44N2O6Si/c1-33(2,3)44(5,6)43-21-19-34-17-16-28(38)36-20-18-35(31(34)36)26-14-10-11-15-27(26)37(29(35)25(22-34)30(39)41-4)32(40)42-23-24-12-8-7-9-13-24/h7-15,31H,16-23H2,1-6H3/t31-,34+,35-/m1/s1. The van der Waals surface area contributed by atoms with Crippen LogP contribution in [0.25, 0.3) is 0 Å². The van der Waals surface area contributed by atoms with Crippen molar-refractivity contribution in [2.45, 2.75) is 89.1 Å². The first-order chi connectivity index (χ1) is 20.9. The van der Waals surface area contributed by atoms with Crippen molar-refractivity contribution in [2.75, 3.05) is 25.2 Å². The molecule has 2 amide bonds. The second-order valence-corrected chi connectivity index (χ2v) is 19.1. The Morgan fingerprint density at radius 3 is 2.43 bits per heavy atom. The molecule has 3 heterocycles. The van der Waals surface area contributed by atoms with Gasteiger partial charge in [-0.05, 0) is 66.4 Å². The Balaban J connectivity index is 1.47. The molecule has 8 nitrogen and oxygen atoms in total. The monoisotopic (exact) mass is 616 g/mol. The zero-order chi connectivity index (χ0) is 31.5. The van der Waals surface area contributed by atoms with Crippen LogP contribution in [0.15, 0.2) is 65.9 Å². The third-order valence-corrected chi connectivity index (χ3v) is 15.6. The van der Waals surface area contributed by atoms with Crippen LogP contribution in [-0.4, -0.2) is 57.5 Å². The first-order valence-electron chi connectivity index (χ1n) is 15.7. The minimum absolute atomic E-state index is 0.0651. The zero-order valence-electron chi connectivity index (χ0n) is 26.8. The number of amides is 2. The number of carbonyl (C=O) groups is 3. The van der Waals surface area contributed by atoms with Gasteiger partial charge in [-0.1, -0.05) is 69.3 Å². The number of para-hydroxylation sites is 1. The molecule has 0 N–H and O–H groups in total. The fraction of sp³-hybridized carbons (Fsp3) is 0.514. The number of piperidine rings is 1. The largest absolute Gasteiger partial charge is 0.466 e. The van der Waals surface area contributed by atoms with Gasteiger partial charge in [-0.25, -0.2) is 14.5 Å². The minimum atomic E-state index is -2.03. The van der Waals surface area contributed by atoms with E-state index in [1.54, 1.807) is 4.90 Å². The molecule has 0 radical (unpaired) electrons. The van der Waals surface area contributed by atoms with Crippen LogP contribution in [0.2, 0.25) is 18.1 Å². The molecule has 0 saturated carbocycles. The molecule has 1 aliphatic carbocycles. The molecule has 1 spiro atoms. The summed E-state index contributed by atoms with van der Waals surface area (Å²) in [5.74, 6) is -0.303. The van der Waals surface area contributed by atoms with Crippen LogP contribution in [0.5, 0.6) is 0 Å². The van der Waals surface area contributed by atoms with E-state index < -0.39 is 31.2 Å². The number of rotatable bonds is 7. The number of fused-ring (bicyclic) bond motifs is 1. The Kier molecular flexibility index (Phi) is 7.56. The van der Waals surface area contributed by atoms with Crippen LogP contribution < -0.4 is 4.90 Å². The molecule has 3 aliphatic heterocycles. The maximum atomic E-state index is 14.1. The van der Waals surface area contributed by atoms with Gasteiger partial charge in [0.1, 0.15) is 6.61 Å². The molecule has 2 saturated heterocycles. The topological polar surface area (TPSA) is 85.4 Å². The molecule has 6 rings (SSSR count). The van der Waals surface area contributed by atoms with E-state index in [1.807, 2.05) is 53.4 Å². The van der Waals surface area contributed by atoms with Gasteiger partial charge in [0.25, 0.3) is 0 Å². The fourth-order valence-electron chi connectivity index (χ4n) is 7.98. The lowest BCUT2D eigenvalue weighted by Crippen LogP contribution is -2.62. The van der Waals surface area contributed by atoms with Crippen LogP contribution >= 0.6 is 0 Å². The smallest absolute Gasteiger partial charge is 0.419 e.